The number of nitrogens with zero attached hydrogens (tertiary/aromatic N) is 2. The Morgan fingerprint density at radius 3 is 2.88 bits per heavy atom. The van der Waals surface area contributed by atoms with Crippen molar-refractivity contribution >= 4 is 17.3 Å². The first-order valence-electron chi connectivity index (χ1n) is 4.70. The lowest BCUT2D eigenvalue weighted by molar-refractivity contribution is -0.386. The predicted molar refractivity (Wildman–Crippen MR) is 60.8 cm³/mol. The van der Waals surface area contributed by atoms with E-state index < -0.39 is 11.0 Å². The normalized spacial score (nSPS) is 12.4. The number of nitro groups is 1. The van der Waals surface area contributed by atoms with Crippen LogP contribution in [0.25, 0.3) is 0 Å². The minimum Gasteiger partial charge on any atom is -0.382 e. The highest BCUT2D eigenvalue weighted by atomic mass is 35.5. The van der Waals surface area contributed by atoms with Gasteiger partial charge in [-0.1, -0.05) is 11.6 Å². The molecule has 0 aliphatic heterocycles. The van der Waals surface area contributed by atoms with Gasteiger partial charge in [0.05, 0.1) is 28.7 Å². The van der Waals surface area contributed by atoms with Crippen LogP contribution in [0.1, 0.15) is 17.4 Å². The summed E-state index contributed by atoms with van der Waals surface area (Å²) in [5.74, 6) is 0. The number of aliphatic hydroxyl groups excluding tert-OH is 1. The summed E-state index contributed by atoms with van der Waals surface area (Å²) in [7, 11) is 0. The van der Waals surface area contributed by atoms with Crippen LogP contribution in [0.2, 0.25) is 5.02 Å². The molecule has 2 N–H and O–H groups in total. The van der Waals surface area contributed by atoms with Gasteiger partial charge in [0.15, 0.2) is 0 Å². The number of aromatic amines is 1. The molecule has 17 heavy (non-hydrogen) atoms. The Balaban J connectivity index is 2.50. The van der Waals surface area contributed by atoms with Crippen LogP contribution >= 0.6 is 11.6 Å². The van der Waals surface area contributed by atoms with Gasteiger partial charge in [-0.05, 0) is 12.1 Å². The van der Waals surface area contributed by atoms with Crippen LogP contribution in [-0.4, -0.2) is 20.0 Å². The lowest BCUT2D eigenvalue weighted by Crippen LogP contribution is -2.04. The third-order valence-electron chi connectivity index (χ3n) is 2.29. The van der Waals surface area contributed by atoms with Crippen molar-refractivity contribution in [1.29, 1.82) is 0 Å². The molecule has 1 heterocycles. The number of aliphatic hydroxyl groups is 1. The van der Waals surface area contributed by atoms with Gasteiger partial charge in [0.25, 0.3) is 5.69 Å². The zero-order valence-electron chi connectivity index (χ0n) is 8.50. The van der Waals surface area contributed by atoms with E-state index in [4.69, 9.17) is 11.6 Å². The third kappa shape index (κ3) is 2.27. The maximum atomic E-state index is 10.8. The molecule has 2 rings (SSSR count). The Morgan fingerprint density at radius 1 is 1.53 bits per heavy atom. The summed E-state index contributed by atoms with van der Waals surface area (Å²) in [6, 6.07) is 4.03. The Morgan fingerprint density at radius 2 is 2.29 bits per heavy atom. The van der Waals surface area contributed by atoms with E-state index in [1.807, 2.05) is 0 Å². The van der Waals surface area contributed by atoms with Crippen molar-refractivity contribution in [2.24, 2.45) is 0 Å². The molecule has 2 aromatic rings. The van der Waals surface area contributed by atoms with E-state index in [0.717, 1.165) is 0 Å². The molecule has 1 aromatic heterocycles. The fourth-order valence-electron chi connectivity index (χ4n) is 1.49. The first-order chi connectivity index (χ1) is 8.09. The van der Waals surface area contributed by atoms with E-state index in [1.165, 1.54) is 30.7 Å². The van der Waals surface area contributed by atoms with Crippen LogP contribution in [-0.2, 0) is 0 Å². The summed E-state index contributed by atoms with van der Waals surface area (Å²) in [4.78, 5) is 16.7. The number of hydrogen-bond acceptors (Lipinski definition) is 4. The summed E-state index contributed by atoms with van der Waals surface area (Å²) in [6.45, 7) is 0. The SMILES string of the molecule is O=[N+]([O-])c1ccc(Cl)cc1C(O)c1cnc[nH]1. The molecule has 0 amide bonds. The molecule has 1 aromatic carbocycles. The molecule has 0 fully saturated rings. The Kier molecular flexibility index (Phi) is 3.08. The Labute approximate surface area is 101 Å². The maximum Gasteiger partial charge on any atom is 0.275 e. The number of imidazole rings is 1. The monoisotopic (exact) mass is 253 g/mol. The van der Waals surface area contributed by atoms with Gasteiger partial charge in [0, 0.05) is 11.1 Å². The zero-order valence-corrected chi connectivity index (χ0v) is 9.26. The molecule has 0 saturated carbocycles. The summed E-state index contributed by atoms with van der Waals surface area (Å²) in [5.41, 5.74) is 0.318. The fourth-order valence-corrected chi connectivity index (χ4v) is 1.67. The van der Waals surface area contributed by atoms with Gasteiger partial charge in [-0.25, -0.2) is 4.98 Å². The second-order valence-corrected chi connectivity index (χ2v) is 3.81. The van der Waals surface area contributed by atoms with Crippen LogP contribution in [0.15, 0.2) is 30.7 Å². The smallest absolute Gasteiger partial charge is 0.275 e. The van der Waals surface area contributed by atoms with Crippen LogP contribution in [0.3, 0.4) is 0 Å². The summed E-state index contributed by atoms with van der Waals surface area (Å²) >= 11 is 5.77. The molecule has 0 aliphatic rings. The largest absolute Gasteiger partial charge is 0.382 e. The van der Waals surface area contributed by atoms with Crippen LogP contribution in [0.4, 0.5) is 5.69 Å². The molecule has 88 valence electrons. The van der Waals surface area contributed by atoms with Crippen LogP contribution < -0.4 is 0 Å². The average Bonchev–Trinajstić information content (AvgIpc) is 2.80. The van der Waals surface area contributed by atoms with Gasteiger partial charge in [0.2, 0.25) is 0 Å². The van der Waals surface area contributed by atoms with Crippen molar-refractivity contribution in [3.8, 4) is 0 Å². The number of rotatable bonds is 3. The molecule has 7 heteroatoms. The number of aromatic nitrogens is 2. The number of nitrogens with one attached hydrogen (secondary N) is 1. The van der Waals surface area contributed by atoms with Gasteiger partial charge in [-0.3, -0.25) is 10.1 Å². The maximum absolute atomic E-state index is 10.8. The average molecular weight is 254 g/mol. The van der Waals surface area contributed by atoms with Gasteiger partial charge in [-0.2, -0.15) is 0 Å². The number of benzene rings is 1. The number of nitro benzene ring substituents is 1. The molecular weight excluding hydrogens is 246 g/mol. The first-order valence-corrected chi connectivity index (χ1v) is 5.07. The molecule has 6 nitrogen and oxygen atoms in total. The van der Waals surface area contributed by atoms with Gasteiger partial charge in [-0.15, -0.1) is 0 Å². The highest BCUT2D eigenvalue weighted by molar-refractivity contribution is 6.30. The van der Waals surface area contributed by atoms with E-state index in [1.54, 1.807) is 0 Å². The van der Waals surface area contributed by atoms with Gasteiger partial charge >= 0.3 is 0 Å². The lowest BCUT2D eigenvalue weighted by atomic mass is 10.1. The molecule has 0 bridgehead atoms. The highest BCUT2D eigenvalue weighted by Gasteiger charge is 2.22. The molecule has 1 atom stereocenters. The topological polar surface area (TPSA) is 92.1 Å². The van der Waals surface area contributed by atoms with Crippen LogP contribution in [0, 0.1) is 10.1 Å². The quantitative estimate of drug-likeness (QED) is 0.647. The fraction of sp³-hybridized carbons (Fsp3) is 0.100. The van der Waals surface area contributed by atoms with Crippen molar-refractivity contribution < 1.29 is 10.0 Å². The van der Waals surface area contributed by atoms with Crippen molar-refractivity contribution in [3.05, 3.63) is 57.1 Å². The zero-order chi connectivity index (χ0) is 12.4. The second-order valence-electron chi connectivity index (χ2n) is 3.37. The lowest BCUT2D eigenvalue weighted by Gasteiger charge is -2.09. The molecule has 0 aliphatic carbocycles. The highest BCUT2D eigenvalue weighted by Crippen LogP contribution is 2.31. The Bertz CT molecular complexity index is 542. The molecule has 0 saturated heterocycles. The minimum absolute atomic E-state index is 0.131. The van der Waals surface area contributed by atoms with Crippen molar-refractivity contribution in [3.63, 3.8) is 0 Å². The van der Waals surface area contributed by atoms with E-state index in [2.05, 4.69) is 9.97 Å². The second kappa shape index (κ2) is 4.52. The summed E-state index contributed by atoms with van der Waals surface area (Å²) in [6.07, 6.45) is 1.63. The standard InChI is InChI=1S/C10H8ClN3O3/c11-6-1-2-9(14(16)17)7(3-6)10(15)8-4-12-5-13-8/h1-5,10,15H,(H,12,13). The molecular formula is C10H8ClN3O3. The van der Waals surface area contributed by atoms with Gasteiger partial charge < -0.3 is 10.1 Å². The predicted octanol–water partition coefficient (Wildman–Crippen LogP) is 2.05. The summed E-state index contributed by atoms with van der Waals surface area (Å²) in [5, 5.41) is 21.2. The summed E-state index contributed by atoms with van der Waals surface area (Å²) < 4.78 is 0. The third-order valence-corrected chi connectivity index (χ3v) is 2.53. The number of H-pyrrole nitrogens is 1. The van der Waals surface area contributed by atoms with Crippen molar-refractivity contribution in [2.75, 3.05) is 0 Å². The number of halogens is 1. The van der Waals surface area contributed by atoms with Crippen molar-refractivity contribution in [2.45, 2.75) is 6.10 Å². The Hall–Kier alpha value is -1.92. The van der Waals surface area contributed by atoms with E-state index in [-0.39, 0.29) is 11.3 Å². The van der Waals surface area contributed by atoms with Crippen LogP contribution in [0.5, 0.6) is 0 Å². The number of hydrogen-bond donors (Lipinski definition) is 2. The van der Waals surface area contributed by atoms with E-state index >= 15 is 0 Å². The first kappa shape index (κ1) is 11.6. The minimum atomic E-state index is -1.16. The van der Waals surface area contributed by atoms with E-state index in [9.17, 15) is 15.2 Å². The van der Waals surface area contributed by atoms with E-state index in [0.29, 0.717) is 10.7 Å². The van der Waals surface area contributed by atoms with Crippen molar-refractivity contribution in [1.82, 2.24) is 9.97 Å². The molecule has 1 unspecified atom stereocenters. The molecule has 0 spiro atoms. The molecule has 0 radical (unpaired) electrons. The van der Waals surface area contributed by atoms with Gasteiger partial charge in [0.1, 0.15) is 6.10 Å².